The fourth-order valence-electron chi connectivity index (χ4n) is 4.79. The largest absolute Gasteiger partial charge is 0.507 e. The molecule has 0 radical (unpaired) electrons. The van der Waals surface area contributed by atoms with Gasteiger partial charge >= 0.3 is 5.97 Å². The van der Waals surface area contributed by atoms with E-state index >= 15 is 0 Å². The summed E-state index contributed by atoms with van der Waals surface area (Å²) in [4.78, 5) is 32.6. The molecule has 5 rings (SSSR count). The van der Waals surface area contributed by atoms with Crippen molar-refractivity contribution in [2.45, 2.75) is 26.3 Å². The molecule has 0 saturated heterocycles. The molecule has 1 aliphatic heterocycles. The molecule has 0 aliphatic carbocycles. The number of phenols is 1. The summed E-state index contributed by atoms with van der Waals surface area (Å²) < 4.78 is 18.5. The number of allylic oxidation sites excluding steroid dienone is 1. The zero-order valence-electron chi connectivity index (χ0n) is 22.5. The number of carbonyl (C=O) groups is 1. The SMILES string of the molecule is CCCOc1ccccc1[C@H]1C(C(=O)OCCOC)=C(C)N=c2s/c(=C/c3c(O)ccc4ccccc34)c(=O)n21. The number of hydrogen-bond donors (Lipinski definition) is 1. The van der Waals surface area contributed by atoms with Crippen molar-refractivity contribution in [2.75, 3.05) is 26.9 Å². The topological polar surface area (TPSA) is 99.4 Å². The number of aromatic nitrogens is 1. The number of benzene rings is 3. The number of rotatable bonds is 9. The second-order valence-corrected chi connectivity index (χ2v) is 10.3. The summed E-state index contributed by atoms with van der Waals surface area (Å²) in [5.74, 6) is 0.0695. The molecule has 4 aromatic rings. The van der Waals surface area contributed by atoms with E-state index in [0.717, 1.165) is 17.2 Å². The minimum absolute atomic E-state index is 0.0671. The number of para-hydroxylation sites is 1. The van der Waals surface area contributed by atoms with Crippen LogP contribution in [0.5, 0.6) is 11.5 Å². The van der Waals surface area contributed by atoms with Gasteiger partial charge in [0, 0.05) is 18.2 Å². The van der Waals surface area contributed by atoms with Gasteiger partial charge in [-0.05, 0) is 42.3 Å². The van der Waals surface area contributed by atoms with E-state index < -0.39 is 12.0 Å². The average molecular weight is 559 g/mol. The number of hydrogen-bond acceptors (Lipinski definition) is 8. The third kappa shape index (κ3) is 5.17. The molecule has 0 saturated carbocycles. The van der Waals surface area contributed by atoms with Crippen LogP contribution in [-0.4, -0.2) is 42.6 Å². The summed E-state index contributed by atoms with van der Waals surface area (Å²) in [5, 5.41) is 12.5. The van der Waals surface area contributed by atoms with E-state index in [1.54, 1.807) is 19.1 Å². The van der Waals surface area contributed by atoms with Crippen LogP contribution >= 0.6 is 11.3 Å². The predicted octanol–water partition coefficient (Wildman–Crippen LogP) is 4.07. The maximum Gasteiger partial charge on any atom is 0.338 e. The van der Waals surface area contributed by atoms with Gasteiger partial charge in [0.15, 0.2) is 4.80 Å². The number of aromatic hydroxyl groups is 1. The molecule has 40 heavy (non-hydrogen) atoms. The Hall–Kier alpha value is -4.21. The molecule has 9 heteroatoms. The van der Waals surface area contributed by atoms with Gasteiger partial charge in [0.2, 0.25) is 0 Å². The van der Waals surface area contributed by atoms with Crippen molar-refractivity contribution in [2.24, 2.45) is 4.99 Å². The zero-order valence-corrected chi connectivity index (χ0v) is 23.4. The standard InChI is InChI=1S/C31H30N2O6S/c1-4-15-38-25-12-8-7-11-22(25)28-27(30(36)39-17-16-37-3)19(2)32-31-33(28)29(35)26(40-31)18-23-21-10-6-5-9-20(21)13-14-24(23)34/h5-14,18,28,34H,4,15-17H2,1-3H3/b26-18+/t28-/m0/s1. The Morgan fingerprint density at radius 2 is 1.85 bits per heavy atom. The van der Waals surface area contributed by atoms with Crippen molar-refractivity contribution in [1.82, 2.24) is 4.57 Å². The van der Waals surface area contributed by atoms with Crippen LogP contribution in [0.2, 0.25) is 0 Å². The minimum Gasteiger partial charge on any atom is -0.507 e. The molecular weight excluding hydrogens is 528 g/mol. The third-order valence-corrected chi connectivity index (χ3v) is 7.64. The van der Waals surface area contributed by atoms with Gasteiger partial charge in [-0.25, -0.2) is 9.79 Å². The van der Waals surface area contributed by atoms with Crippen LogP contribution in [0, 0.1) is 0 Å². The first-order valence-corrected chi connectivity index (χ1v) is 13.9. The van der Waals surface area contributed by atoms with Gasteiger partial charge in [0.05, 0.1) is 29.0 Å². The Morgan fingerprint density at radius 3 is 2.65 bits per heavy atom. The van der Waals surface area contributed by atoms with Crippen LogP contribution in [0.25, 0.3) is 16.8 Å². The molecule has 3 aromatic carbocycles. The van der Waals surface area contributed by atoms with Crippen molar-refractivity contribution in [3.8, 4) is 11.5 Å². The second kappa shape index (κ2) is 11.9. The van der Waals surface area contributed by atoms with Gasteiger partial charge in [-0.3, -0.25) is 9.36 Å². The summed E-state index contributed by atoms with van der Waals surface area (Å²) in [6, 6.07) is 17.7. The Morgan fingerprint density at radius 1 is 1.07 bits per heavy atom. The molecule has 0 amide bonds. The van der Waals surface area contributed by atoms with Crippen molar-refractivity contribution in [3.05, 3.63) is 103 Å². The Labute approximate surface area is 235 Å². The highest BCUT2D eigenvalue weighted by Crippen LogP contribution is 2.36. The molecular formula is C31H30N2O6S. The Bertz CT molecular complexity index is 1790. The van der Waals surface area contributed by atoms with Crippen molar-refractivity contribution in [1.29, 1.82) is 0 Å². The molecule has 206 valence electrons. The van der Waals surface area contributed by atoms with Crippen molar-refractivity contribution >= 4 is 34.2 Å². The third-order valence-electron chi connectivity index (χ3n) is 6.66. The molecule has 0 bridgehead atoms. The van der Waals surface area contributed by atoms with Crippen LogP contribution in [0.15, 0.2) is 81.7 Å². The fourth-order valence-corrected chi connectivity index (χ4v) is 5.82. The first kappa shape index (κ1) is 27.4. The molecule has 1 N–H and O–H groups in total. The lowest BCUT2D eigenvalue weighted by Crippen LogP contribution is -2.40. The number of methoxy groups -OCH3 is 1. The summed E-state index contributed by atoms with van der Waals surface area (Å²) in [7, 11) is 1.53. The van der Waals surface area contributed by atoms with E-state index in [0.29, 0.717) is 38.5 Å². The lowest BCUT2D eigenvalue weighted by molar-refractivity contribution is -0.140. The summed E-state index contributed by atoms with van der Waals surface area (Å²) >= 11 is 1.21. The molecule has 1 aliphatic rings. The molecule has 1 aromatic heterocycles. The van der Waals surface area contributed by atoms with Crippen LogP contribution in [-0.2, 0) is 14.3 Å². The number of ether oxygens (including phenoxy) is 3. The monoisotopic (exact) mass is 558 g/mol. The summed E-state index contributed by atoms with van der Waals surface area (Å²) in [5.41, 5.74) is 1.58. The van der Waals surface area contributed by atoms with E-state index in [-0.39, 0.29) is 30.1 Å². The lowest BCUT2D eigenvalue weighted by Gasteiger charge is -2.26. The van der Waals surface area contributed by atoms with Gasteiger partial charge < -0.3 is 19.3 Å². The minimum atomic E-state index is -0.817. The highest BCUT2D eigenvalue weighted by molar-refractivity contribution is 7.07. The number of carbonyl (C=O) groups excluding carboxylic acids is 1. The molecule has 2 heterocycles. The number of phenolic OH excluding ortho intramolecular Hbond substituents is 1. The Kier molecular flexibility index (Phi) is 8.14. The van der Waals surface area contributed by atoms with Gasteiger partial charge in [-0.1, -0.05) is 66.8 Å². The van der Waals surface area contributed by atoms with E-state index in [1.807, 2.05) is 61.5 Å². The first-order valence-electron chi connectivity index (χ1n) is 13.1. The van der Waals surface area contributed by atoms with Crippen LogP contribution in [0.4, 0.5) is 0 Å². The van der Waals surface area contributed by atoms with E-state index in [2.05, 4.69) is 4.99 Å². The van der Waals surface area contributed by atoms with Gasteiger partial charge in [-0.15, -0.1) is 0 Å². The van der Waals surface area contributed by atoms with E-state index in [9.17, 15) is 14.7 Å². The van der Waals surface area contributed by atoms with E-state index in [1.165, 1.54) is 23.0 Å². The van der Waals surface area contributed by atoms with Gasteiger partial charge in [0.25, 0.3) is 5.56 Å². The zero-order chi connectivity index (χ0) is 28.2. The molecule has 8 nitrogen and oxygen atoms in total. The van der Waals surface area contributed by atoms with Crippen LogP contribution < -0.4 is 19.6 Å². The molecule has 0 spiro atoms. The Balaban J connectivity index is 1.73. The first-order chi connectivity index (χ1) is 19.4. The van der Waals surface area contributed by atoms with Gasteiger partial charge in [-0.2, -0.15) is 0 Å². The smallest absolute Gasteiger partial charge is 0.338 e. The fraction of sp³-hybridized carbons (Fsp3) is 0.258. The highest BCUT2D eigenvalue weighted by atomic mass is 32.1. The van der Waals surface area contributed by atoms with Crippen LogP contribution in [0.3, 0.4) is 0 Å². The van der Waals surface area contributed by atoms with Gasteiger partial charge in [0.1, 0.15) is 24.1 Å². The highest BCUT2D eigenvalue weighted by Gasteiger charge is 2.35. The normalized spacial score (nSPS) is 15.2. The maximum absolute atomic E-state index is 14.1. The van der Waals surface area contributed by atoms with E-state index in [4.69, 9.17) is 14.2 Å². The predicted molar refractivity (Wildman–Crippen MR) is 154 cm³/mol. The van der Waals surface area contributed by atoms with Crippen molar-refractivity contribution in [3.63, 3.8) is 0 Å². The quantitative estimate of drug-likeness (QED) is 0.246. The number of nitrogens with zero attached hydrogens (tertiary/aromatic N) is 2. The molecule has 0 unspecified atom stereocenters. The lowest BCUT2D eigenvalue weighted by atomic mass is 9.95. The van der Waals surface area contributed by atoms with Crippen molar-refractivity contribution < 1.29 is 24.1 Å². The summed E-state index contributed by atoms with van der Waals surface area (Å²) in [6.45, 7) is 4.54. The van der Waals surface area contributed by atoms with Crippen LogP contribution in [0.1, 0.15) is 37.4 Å². The maximum atomic E-state index is 14.1. The number of fused-ring (bicyclic) bond motifs is 2. The number of thiazole rings is 1. The average Bonchev–Trinajstić information content (AvgIpc) is 3.27. The second-order valence-electron chi connectivity index (χ2n) is 9.32. The molecule has 0 fully saturated rings. The number of esters is 1. The molecule has 1 atom stereocenters. The summed E-state index contributed by atoms with van der Waals surface area (Å²) in [6.07, 6.45) is 2.49.